The number of nitrogens with zero attached hydrogens (tertiary/aromatic N) is 1. The molecule has 1 fully saturated rings. The Bertz CT molecular complexity index is 486. The lowest BCUT2D eigenvalue weighted by molar-refractivity contribution is -0.138. The number of amides is 1. The van der Waals surface area contributed by atoms with Crippen LogP contribution in [0.1, 0.15) is 27.2 Å². The van der Waals surface area contributed by atoms with Crippen molar-refractivity contribution in [2.24, 2.45) is 0 Å². The third-order valence-electron chi connectivity index (χ3n) is 3.38. The molecular weight excluding hydrogens is 302 g/mol. The Kier molecular flexibility index (Phi) is 5.48. The van der Waals surface area contributed by atoms with E-state index < -0.39 is 20.6 Å². The number of hydrogen-bond donors (Lipinski definition) is 1. The highest BCUT2D eigenvalue weighted by Gasteiger charge is 2.35. The van der Waals surface area contributed by atoms with Crippen molar-refractivity contribution in [3.63, 3.8) is 0 Å². The molecular formula is C12H21NO5S2. The van der Waals surface area contributed by atoms with Gasteiger partial charge in [0.15, 0.2) is 9.84 Å². The summed E-state index contributed by atoms with van der Waals surface area (Å²) in [5.41, 5.74) is 0. The molecule has 1 amide bonds. The van der Waals surface area contributed by atoms with Gasteiger partial charge in [-0.15, -0.1) is 11.8 Å². The van der Waals surface area contributed by atoms with Gasteiger partial charge in [-0.3, -0.25) is 9.59 Å². The molecule has 0 radical (unpaired) electrons. The minimum Gasteiger partial charge on any atom is -0.480 e. The first-order chi connectivity index (χ1) is 9.09. The normalized spacial score (nSPS) is 21.6. The molecule has 0 aromatic rings. The maximum atomic E-state index is 12.2. The topological polar surface area (TPSA) is 91.8 Å². The minimum absolute atomic E-state index is 0.0135. The van der Waals surface area contributed by atoms with Crippen molar-refractivity contribution in [3.05, 3.63) is 0 Å². The summed E-state index contributed by atoms with van der Waals surface area (Å²) in [5.74, 6) is -0.992. The molecule has 1 N–H and O–H groups in total. The van der Waals surface area contributed by atoms with Crippen LogP contribution in [0.2, 0.25) is 0 Å². The molecule has 0 spiro atoms. The Morgan fingerprint density at radius 3 is 2.40 bits per heavy atom. The van der Waals surface area contributed by atoms with Crippen LogP contribution in [0.3, 0.4) is 0 Å². The van der Waals surface area contributed by atoms with E-state index in [1.54, 1.807) is 25.7 Å². The van der Waals surface area contributed by atoms with Crippen LogP contribution >= 0.6 is 11.8 Å². The molecule has 20 heavy (non-hydrogen) atoms. The van der Waals surface area contributed by atoms with E-state index in [4.69, 9.17) is 5.11 Å². The Morgan fingerprint density at radius 2 is 2.00 bits per heavy atom. The smallest absolute Gasteiger partial charge is 0.319 e. The molecule has 1 rings (SSSR count). The van der Waals surface area contributed by atoms with Gasteiger partial charge >= 0.3 is 5.97 Å². The summed E-state index contributed by atoms with van der Waals surface area (Å²) >= 11 is 1.06. The number of carboxylic acid groups (broad SMARTS) is 1. The summed E-state index contributed by atoms with van der Waals surface area (Å²) in [6.45, 7) is 5.33. The van der Waals surface area contributed by atoms with Crippen molar-refractivity contribution in [3.8, 4) is 0 Å². The second kappa shape index (κ2) is 6.34. The highest BCUT2D eigenvalue weighted by atomic mass is 32.2. The van der Waals surface area contributed by atoms with Gasteiger partial charge in [0.1, 0.15) is 4.75 Å². The number of hydrogen-bond acceptors (Lipinski definition) is 5. The molecule has 0 aliphatic carbocycles. The third-order valence-corrected chi connectivity index (χ3v) is 6.42. The van der Waals surface area contributed by atoms with Crippen molar-refractivity contribution in [2.75, 3.05) is 23.8 Å². The molecule has 1 aliphatic heterocycles. The third kappa shape index (κ3) is 4.37. The maximum absolute atomic E-state index is 12.2. The number of carbonyl (C=O) groups excluding carboxylic acids is 1. The van der Waals surface area contributed by atoms with Gasteiger partial charge < -0.3 is 10.0 Å². The van der Waals surface area contributed by atoms with E-state index in [1.165, 1.54) is 0 Å². The van der Waals surface area contributed by atoms with E-state index in [0.29, 0.717) is 13.0 Å². The summed E-state index contributed by atoms with van der Waals surface area (Å²) in [5, 5.41) is 9.01. The monoisotopic (exact) mass is 323 g/mol. The van der Waals surface area contributed by atoms with E-state index in [9.17, 15) is 18.0 Å². The average molecular weight is 323 g/mol. The van der Waals surface area contributed by atoms with Gasteiger partial charge in [0.2, 0.25) is 5.91 Å². The maximum Gasteiger partial charge on any atom is 0.319 e. The van der Waals surface area contributed by atoms with E-state index in [-0.39, 0.29) is 29.2 Å². The molecule has 0 aromatic carbocycles. The quantitative estimate of drug-likeness (QED) is 0.770. The molecule has 1 saturated heterocycles. The van der Waals surface area contributed by atoms with Crippen LogP contribution in [-0.4, -0.2) is 64.9 Å². The van der Waals surface area contributed by atoms with Crippen LogP contribution < -0.4 is 0 Å². The molecule has 0 aromatic heterocycles. The number of rotatable bonds is 6. The standard InChI is InChI=1S/C12H21NO5S2/c1-4-13(9-5-6-20(17,18)8-9)10(14)7-19-12(2,3)11(15)16/h9H,4-8H2,1-3H3,(H,15,16). The fourth-order valence-electron chi connectivity index (χ4n) is 2.05. The minimum atomic E-state index is -3.04. The summed E-state index contributed by atoms with van der Waals surface area (Å²) in [4.78, 5) is 24.7. The van der Waals surface area contributed by atoms with Gasteiger partial charge in [-0.25, -0.2) is 8.42 Å². The number of carboxylic acids is 1. The van der Waals surface area contributed by atoms with Gasteiger partial charge in [0.25, 0.3) is 0 Å². The van der Waals surface area contributed by atoms with E-state index in [2.05, 4.69) is 0 Å². The van der Waals surface area contributed by atoms with Crippen molar-refractivity contribution in [2.45, 2.75) is 38.0 Å². The molecule has 0 saturated carbocycles. The van der Waals surface area contributed by atoms with E-state index >= 15 is 0 Å². The zero-order valence-electron chi connectivity index (χ0n) is 12.0. The Hall–Kier alpha value is -0.760. The number of aliphatic carboxylic acids is 1. The number of carbonyl (C=O) groups is 2. The van der Waals surface area contributed by atoms with Crippen LogP contribution in [0, 0.1) is 0 Å². The molecule has 6 nitrogen and oxygen atoms in total. The summed E-state index contributed by atoms with van der Waals surface area (Å²) in [6.07, 6.45) is 0.467. The molecule has 116 valence electrons. The molecule has 1 aliphatic rings. The van der Waals surface area contributed by atoms with Crippen LogP contribution in [-0.2, 0) is 19.4 Å². The highest BCUT2D eigenvalue weighted by Crippen LogP contribution is 2.26. The predicted molar refractivity (Wildman–Crippen MR) is 78.6 cm³/mol. The fraction of sp³-hybridized carbons (Fsp3) is 0.833. The van der Waals surface area contributed by atoms with Crippen molar-refractivity contribution in [1.29, 1.82) is 0 Å². The fourth-order valence-corrected chi connectivity index (χ4v) is 4.55. The molecule has 0 bridgehead atoms. The van der Waals surface area contributed by atoms with Crippen LogP contribution in [0.25, 0.3) is 0 Å². The first kappa shape index (κ1) is 17.3. The molecule has 1 unspecified atom stereocenters. The van der Waals surface area contributed by atoms with Gasteiger partial charge in [-0.05, 0) is 27.2 Å². The van der Waals surface area contributed by atoms with Gasteiger partial charge in [0.05, 0.1) is 17.3 Å². The second-order valence-electron chi connectivity index (χ2n) is 5.34. The lowest BCUT2D eigenvalue weighted by Crippen LogP contribution is -2.42. The van der Waals surface area contributed by atoms with Gasteiger partial charge in [-0.2, -0.15) is 0 Å². The van der Waals surface area contributed by atoms with Crippen LogP contribution in [0.15, 0.2) is 0 Å². The number of thioether (sulfide) groups is 1. The van der Waals surface area contributed by atoms with Crippen LogP contribution in [0.5, 0.6) is 0 Å². The SMILES string of the molecule is CCN(C(=O)CSC(C)(C)C(=O)O)C1CCS(=O)(=O)C1. The summed E-state index contributed by atoms with van der Waals surface area (Å²) in [6, 6.07) is -0.272. The van der Waals surface area contributed by atoms with Gasteiger partial charge in [0, 0.05) is 12.6 Å². The molecule has 1 heterocycles. The Balaban J connectivity index is 2.63. The largest absolute Gasteiger partial charge is 0.480 e. The zero-order valence-corrected chi connectivity index (χ0v) is 13.6. The van der Waals surface area contributed by atoms with E-state index in [1.807, 2.05) is 0 Å². The molecule has 8 heteroatoms. The average Bonchev–Trinajstić information content (AvgIpc) is 2.68. The van der Waals surface area contributed by atoms with Crippen molar-refractivity contribution in [1.82, 2.24) is 4.90 Å². The van der Waals surface area contributed by atoms with Gasteiger partial charge in [-0.1, -0.05) is 0 Å². The van der Waals surface area contributed by atoms with E-state index in [0.717, 1.165) is 11.8 Å². The first-order valence-electron chi connectivity index (χ1n) is 6.46. The lowest BCUT2D eigenvalue weighted by Gasteiger charge is -2.28. The lowest BCUT2D eigenvalue weighted by atomic mass is 10.2. The van der Waals surface area contributed by atoms with Crippen LogP contribution in [0.4, 0.5) is 0 Å². The zero-order chi connectivity index (χ0) is 15.6. The molecule has 1 atom stereocenters. The number of sulfone groups is 1. The second-order valence-corrected chi connectivity index (χ2v) is 9.17. The Morgan fingerprint density at radius 1 is 1.40 bits per heavy atom. The van der Waals surface area contributed by atoms with Crippen molar-refractivity contribution < 1.29 is 23.1 Å². The summed E-state index contributed by atoms with van der Waals surface area (Å²) in [7, 11) is -3.04. The predicted octanol–water partition coefficient (Wildman–Crippen LogP) is 0.618. The van der Waals surface area contributed by atoms with Crippen molar-refractivity contribution >= 4 is 33.5 Å². The first-order valence-corrected chi connectivity index (χ1v) is 9.27. The Labute approximate surface area is 123 Å². The highest BCUT2D eigenvalue weighted by molar-refractivity contribution is 8.02. The summed E-state index contributed by atoms with van der Waals surface area (Å²) < 4.78 is 21.9.